The first-order valence-electron chi connectivity index (χ1n) is 4.82. The molecule has 0 aliphatic heterocycles. The van der Waals surface area contributed by atoms with E-state index >= 15 is 0 Å². The number of hydrogen-bond donors (Lipinski definition) is 2. The molecule has 96 valence electrons. The van der Waals surface area contributed by atoms with Crippen LogP contribution in [0, 0.1) is 10.1 Å². The Kier molecular flexibility index (Phi) is 6.49. The molecule has 1 atom stereocenters. The van der Waals surface area contributed by atoms with Gasteiger partial charge in [-0.3, -0.25) is 14.9 Å². The Hall–Kier alpha value is -1.96. The van der Waals surface area contributed by atoms with Gasteiger partial charge in [-0.1, -0.05) is 12.1 Å². The minimum atomic E-state index is -1.10. The van der Waals surface area contributed by atoms with E-state index in [2.05, 4.69) is 5.16 Å². The highest BCUT2D eigenvalue weighted by Crippen LogP contribution is 2.11. The molecule has 0 bridgehead atoms. The summed E-state index contributed by atoms with van der Waals surface area (Å²) in [4.78, 5) is 21.1. The average Bonchev–Trinajstić information content (AvgIpc) is 2.27. The fraction of sp³-hybridized carbons (Fsp3) is 0.556. The first kappa shape index (κ1) is 15.0. The van der Waals surface area contributed by atoms with Gasteiger partial charge in [-0.2, -0.15) is 0 Å². The molecule has 8 heteroatoms. The Morgan fingerprint density at radius 3 is 2.59 bits per heavy atom. The zero-order valence-electron chi connectivity index (χ0n) is 9.62. The molecule has 0 radical (unpaired) electrons. The fourth-order valence-corrected chi connectivity index (χ4v) is 1.22. The van der Waals surface area contributed by atoms with Crippen molar-refractivity contribution in [2.45, 2.75) is 19.4 Å². The number of carbonyl (C=O) groups is 1. The number of methoxy groups -OCH3 is 1. The molecule has 0 saturated heterocycles. The number of ether oxygens (including phenoxy) is 1. The summed E-state index contributed by atoms with van der Waals surface area (Å²) in [5.41, 5.74) is 4.79. The molecular weight excluding hydrogens is 230 g/mol. The predicted octanol–water partition coefficient (Wildman–Crippen LogP) is -0.0700. The second kappa shape index (κ2) is 7.34. The van der Waals surface area contributed by atoms with Gasteiger partial charge in [0.2, 0.25) is 0 Å². The van der Waals surface area contributed by atoms with Crippen molar-refractivity contribution in [1.29, 1.82) is 0 Å². The van der Waals surface area contributed by atoms with Crippen LogP contribution in [0.15, 0.2) is 16.8 Å². The number of primary amides is 1. The maximum atomic E-state index is 10.8. The molecule has 0 heterocycles. The van der Waals surface area contributed by atoms with Gasteiger partial charge in [0.1, 0.15) is 6.61 Å². The number of oxime groups is 1. The Morgan fingerprint density at radius 1 is 1.71 bits per heavy atom. The van der Waals surface area contributed by atoms with Gasteiger partial charge in [0.25, 0.3) is 11.9 Å². The summed E-state index contributed by atoms with van der Waals surface area (Å²) >= 11 is 0. The van der Waals surface area contributed by atoms with E-state index in [1.807, 2.05) is 0 Å². The molecule has 8 nitrogen and oxygen atoms in total. The molecule has 0 spiro atoms. The van der Waals surface area contributed by atoms with Gasteiger partial charge < -0.3 is 15.7 Å². The summed E-state index contributed by atoms with van der Waals surface area (Å²) in [7, 11) is 1.33. The van der Waals surface area contributed by atoms with Crippen LogP contribution in [0.25, 0.3) is 0 Å². The van der Waals surface area contributed by atoms with Crippen LogP contribution < -0.4 is 5.73 Å². The fourth-order valence-electron chi connectivity index (χ4n) is 1.22. The lowest BCUT2D eigenvalue weighted by molar-refractivity contribution is -0.516. The molecule has 3 N–H and O–H groups in total. The van der Waals surface area contributed by atoms with Crippen LogP contribution in [0.3, 0.4) is 0 Å². The summed E-state index contributed by atoms with van der Waals surface area (Å²) in [5.74, 6) is -0.960. The predicted molar refractivity (Wildman–Crippen MR) is 59.4 cm³/mol. The van der Waals surface area contributed by atoms with E-state index in [-0.39, 0.29) is 6.61 Å². The highest BCUT2D eigenvalue weighted by Gasteiger charge is 2.25. The third kappa shape index (κ3) is 4.60. The van der Waals surface area contributed by atoms with Gasteiger partial charge in [-0.15, -0.1) is 0 Å². The number of rotatable bonds is 7. The van der Waals surface area contributed by atoms with Crippen molar-refractivity contribution in [3.63, 3.8) is 0 Å². The second-order valence-electron chi connectivity index (χ2n) is 3.18. The monoisotopic (exact) mass is 245 g/mol. The molecule has 0 rings (SSSR count). The summed E-state index contributed by atoms with van der Waals surface area (Å²) in [6.07, 6.45) is 1.41. The van der Waals surface area contributed by atoms with E-state index in [1.54, 1.807) is 6.92 Å². The summed E-state index contributed by atoms with van der Waals surface area (Å²) in [5, 5.41) is 22.0. The number of carbonyl (C=O) groups excluding carboxylic acids is 1. The van der Waals surface area contributed by atoms with Gasteiger partial charge in [0.05, 0.1) is 0 Å². The summed E-state index contributed by atoms with van der Waals surface area (Å²) in [6.45, 7) is 1.54. The lowest BCUT2D eigenvalue weighted by Crippen LogP contribution is -2.29. The van der Waals surface area contributed by atoms with E-state index < -0.39 is 22.6 Å². The maximum Gasteiger partial charge on any atom is 0.270 e. The highest BCUT2D eigenvalue weighted by molar-refractivity contribution is 6.42. The third-order valence-electron chi connectivity index (χ3n) is 2.10. The summed E-state index contributed by atoms with van der Waals surface area (Å²) < 4.78 is 4.72. The van der Waals surface area contributed by atoms with E-state index in [0.717, 1.165) is 6.08 Å². The second-order valence-corrected chi connectivity index (χ2v) is 3.18. The number of hydrogen-bond acceptors (Lipinski definition) is 6. The van der Waals surface area contributed by atoms with Crippen molar-refractivity contribution in [3.05, 3.63) is 21.8 Å². The van der Waals surface area contributed by atoms with Crippen LogP contribution in [0.4, 0.5) is 0 Å². The van der Waals surface area contributed by atoms with Crippen molar-refractivity contribution in [2.75, 3.05) is 13.7 Å². The van der Waals surface area contributed by atoms with Crippen LogP contribution in [0.2, 0.25) is 0 Å². The van der Waals surface area contributed by atoms with Gasteiger partial charge in [0.15, 0.2) is 5.71 Å². The molecule has 0 saturated carbocycles. The van der Waals surface area contributed by atoms with Gasteiger partial charge in [-0.25, -0.2) is 0 Å². The maximum absolute atomic E-state index is 10.8. The Labute approximate surface area is 97.9 Å². The van der Waals surface area contributed by atoms with Crippen LogP contribution in [0.1, 0.15) is 13.3 Å². The van der Waals surface area contributed by atoms with Crippen LogP contribution in [-0.4, -0.2) is 41.5 Å². The Bertz CT molecular complexity index is 351. The molecule has 0 fully saturated rings. The van der Waals surface area contributed by atoms with E-state index in [0.29, 0.717) is 12.0 Å². The number of nitrogens with zero attached hydrogens (tertiary/aromatic N) is 2. The topological polar surface area (TPSA) is 128 Å². The van der Waals surface area contributed by atoms with Gasteiger partial charge >= 0.3 is 0 Å². The molecular formula is C9H15N3O5. The number of amides is 1. The van der Waals surface area contributed by atoms with Crippen molar-refractivity contribution in [3.8, 4) is 0 Å². The van der Waals surface area contributed by atoms with Gasteiger partial charge in [0, 0.05) is 17.6 Å². The van der Waals surface area contributed by atoms with Crippen molar-refractivity contribution < 1.29 is 19.7 Å². The quantitative estimate of drug-likeness (QED) is 0.281. The normalized spacial score (nSPS) is 14.5. The average molecular weight is 245 g/mol. The third-order valence-corrected chi connectivity index (χ3v) is 2.10. The van der Waals surface area contributed by atoms with Gasteiger partial charge in [-0.05, 0) is 12.5 Å². The molecule has 0 aromatic rings. The zero-order valence-corrected chi connectivity index (χ0v) is 9.62. The smallest absolute Gasteiger partial charge is 0.270 e. The largest absolute Gasteiger partial charge is 0.410 e. The number of nitro groups is 1. The Balaban J connectivity index is 5.21. The standard InChI is InChI=1S/C9H15N3O5/c1-3-6(4-7(11-14)9(10)13)8(5-17-2)12(15)16/h4,8,14H,3,5H2,1-2H3,(H2,10,13)/b6-4+,11-7-. The molecule has 0 aliphatic carbocycles. The molecule has 1 amide bonds. The highest BCUT2D eigenvalue weighted by atomic mass is 16.6. The molecule has 0 aliphatic rings. The molecule has 0 aromatic heterocycles. The van der Waals surface area contributed by atoms with Crippen LogP contribution in [0.5, 0.6) is 0 Å². The van der Waals surface area contributed by atoms with Crippen LogP contribution in [-0.2, 0) is 9.53 Å². The van der Waals surface area contributed by atoms with E-state index in [9.17, 15) is 14.9 Å². The SMILES string of the molecule is CC/C(=C\C(=N\O)C(N)=O)C(COC)[N+](=O)[O-]. The van der Waals surface area contributed by atoms with Crippen molar-refractivity contribution in [1.82, 2.24) is 0 Å². The minimum Gasteiger partial charge on any atom is -0.410 e. The lowest BCUT2D eigenvalue weighted by Gasteiger charge is -2.11. The summed E-state index contributed by atoms with van der Waals surface area (Å²) in [6, 6.07) is -1.10. The first-order chi connectivity index (χ1) is 7.97. The molecule has 17 heavy (non-hydrogen) atoms. The molecule has 0 aromatic carbocycles. The van der Waals surface area contributed by atoms with Crippen molar-refractivity contribution >= 4 is 11.6 Å². The zero-order chi connectivity index (χ0) is 13.4. The van der Waals surface area contributed by atoms with E-state index in [1.165, 1.54) is 7.11 Å². The number of nitrogens with two attached hydrogens (primary N) is 1. The van der Waals surface area contributed by atoms with E-state index in [4.69, 9.17) is 15.7 Å². The van der Waals surface area contributed by atoms with Crippen LogP contribution >= 0.6 is 0 Å². The Morgan fingerprint density at radius 2 is 2.29 bits per heavy atom. The lowest BCUT2D eigenvalue weighted by atomic mass is 10.0. The first-order valence-corrected chi connectivity index (χ1v) is 4.82. The minimum absolute atomic E-state index is 0.135. The van der Waals surface area contributed by atoms with Crippen molar-refractivity contribution in [2.24, 2.45) is 10.9 Å². The molecule has 1 unspecified atom stereocenters.